The second-order valence-electron chi connectivity index (χ2n) is 5.92. The van der Waals surface area contributed by atoms with Gasteiger partial charge in [0.2, 0.25) is 0 Å². The Morgan fingerprint density at radius 3 is 2.41 bits per heavy atom. The Morgan fingerprint density at radius 1 is 1.14 bits per heavy atom. The second kappa shape index (κ2) is 9.63. The van der Waals surface area contributed by atoms with Crippen molar-refractivity contribution in [2.45, 2.75) is 19.8 Å². The van der Waals surface area contributed by atoms with Gasteiger partial charge >= 0.3 is 6.36 Å². The molecule has 0 aliphatic rings. The van der Waals surface area contributed by atoms with Crippen LogP contribution in [-0.4, -0.2) is 22.1 Å². The van der Waals surface area contributed by atoms with Gasteiger partial charge in [0.1, 0.15) is 5.75 Å². The summed E-state index contributed by atoms with van der Waals surface area (Å²) in [5.74, 6) is -0.172. The van der Waals surface area contributed by atoms with Gasteiger partial charge in [0, 0.05) is 17.4 Å². The van der Waals surface area contributed by atoms with E-state index < -0.39 is 6.36 Å². The molecule has 0 saturated carbocycles. The molecule has 0 spiro atoms. The lowest BCUT2D eigenvalue weighted by Gasteiger charge is -2.10. The highest BCUT2D eigenvalue weighted by Crippen LogP contribution is 2.23. The zero-order valence-corrected chi connectivity index (χ0v) is 17.7. The Hall–Kier alpha value is -2.76. The Labute approximate surface area is 182 Å². The van der Waals surface area contributed by atoms with Gasteiger partial charge in [-0.2, -0.15) is 5.10 Å². The average Bonchev–Trinajstić information content (AvgIpc) is 3.02. The maximum Gasteiger partial charge on any atom is 0.573 e. The summed E-state index contributed by atoms with van der Waals surface area (Å²) < 4.78 is 42.1. The van der Waals surface area contributed by atoms with Crippen LogP contribution >= 0.6 is 24.0 Å². The number of halogens is 4. The standard InChI is InChI=1S/C19H18F3N5O.HI/c1-13-14(12-27(26-13)16-5-3-2-4-6-16)11-24-18(23)25-15-7-9-17(10-8-15)28-19(20,21)22;/h2-10,12H,11H2,1H3,(H3,23,24,25);1H. The number of ether oxygens (including phenoxy) is 1. The molecule has 10 heteroatoms. The van der Waals surface area contributed by atoms with Crippen molar-refractivity contribution in [1.82, 2.24) is 9.78 Å². The van der Waals surface area contributed by atoms with E-state index in [2.05, 4.69) is 20.1 Å². The highest BCUT2D eigenvalue weighted by atomic mass is 127. The van der Waals surface area contributed by atoms with Crippen LogP contribution in [0.25, 0.3) is 5.69 Å². The lowest BCUT2D eigenvalue weighted by atomic mass is 10.2. The summed E-state index contributed by atoms with van der Waals surface area (Å²) in [5, 5.41) is 7.29. The molecule has 1 heterocycles. The van der Waals surface area contributed by atoms with Crippen LogP contribution in [-0.2, 0) is 6.54 Å². The largest absolute Gasteiger partial charge is 0.573 e. The van der Waals surface area contributed by atoms with Crippen molar-refractivity contribution in [3.63, 3.8) is 0 Å². The van der Waals surface area contributed by atoms with Gasteiger partial charge in [0.15, 0.2) is 5.96 Å². The molecule has 2 aromatic carbocycles. The van der Waals surface area contributed by atoms with Crippen molar-refractivity contribution in [3.8, 4) is 11.4 Å². The minimum atomic E-state index is -4.72. The lowest BCUT2D eigenvalue weighted by Crippen LogP contribution is -2.22. The number of hydrogen-bond donors (Lipinski definition) is 2. The third-order valence-corrected chi connectivity index (χ3v) is 3.80. The molecule has 0 bridgehead atoms. The molecule has 0 radical (unpaired) electrons. The van der Waals surface area contributed by atoms with Crippen molar-refractivity contribution in [2.75, 3.05) is 5.32 Å². The molecule has 6 nitrogen and oxygen atoms in total. The van der Waals surface area contributed by atoms with E-state index >= 15 is 0 Å². The van der Waals surface area contributed by atoms with Crippen LogP contribution in [0, 0.1) is 6.92 Å². The number of benzene rings is 2. The maximum atomic E-state index is 12.2. The fourth-order valence-corrected chi connectivity index (χ4v) is 2.46. The van der Waals surface area contributed by atoms with Crippen molar-refractivity contribution in [3.05, 3.63) is 72.1 Å². The zero-order chi connectivity index (χ0) is 20.1. The molecule has 3 rings (SSSR count). The van der Waals surface area contributed by atoms with Crippen molar-refractivity contribution >= 4 is 35.6 Å². The van der Waals surface area contributed by atoms with Gasteiger partial charge < -0.3 is 15.8 Å². The molecule has 0 unspecified atom stereocenters. The first-order chi connectivity index (χ1) is 13.3. The van der Waals surface area contributed by atoms with Crippen molar-refractivity contribution in [1.29, 1.82) is 0 Å². The van der Waals surface area contributed by atoms with Gasteiger partial charge in [-0.15, -0.1) is 37.1 Å². The van der Waals surface area contributed by atoms with Gasteiger partial charge in [0.25, 0.3) is 0 Å². The number of aliphatic imine (C=N–C) groups is 1. The number of aryl methyl sites for hydroxylation is 1. The van der Waals surface area contributed by atoms with E-state index in [1.807, 2.05) is 43.5 Å². The SMILES string of the molecule is Cc1nn(-c2ccccc2)cc1CN=C(N)Nc1ccc(OC(F)(F)F)cc1.I. The number of guanidine groups is 1. The third kappa shape index (κ3) is 6.66. The number of rotatable bonds is 5. The Balaban J connectivity index is 0.00000300. The molecule has 0 fully saturated rings. The summed E-state index contributed by atoms with van der Waals surface area (Å²) in [6, 6.07) is 14.9. The normalized spacial score (nSPS) is 11.7. The predicted octanol–water partition coefficient (Wildman–Crippen LogP) is 4.62. The minimum absolute atomic E-state index is 0. The molecule has 3 aromatic rings. The van der Waals surface area contributed by atoms with E-state index in [4.69, 9.17) is 5.73 Å². The van der Waals surface area contributed by atoms with Crippen LogP contribution in [0.15, 0.2) is 65.8 Å². The third-order valence-electron chi connectivity index (χ3n) is 3.80. The van der Waals surface area contributed by atoms with Gasteiger partial charge in [-0.25, -0.2) is 9.67 Å². The van der Waals surface area contributed by atoms with Crippen LogP contribution in [0.1, 0.15) is 11.3 Å². The summed E-state index contributed by atoms with van der Waals surface area (Å²) in [7, 11) is 0. The molecule has 154 valence electrons. The molecular weight excluding hydrogens is 498 g/mol. The first kappa shape index (κ1) is 22.5. The van der Waals surface area contributed by atoms with E-state index in [0.717, 1.165) is 16.9 Å². The van der Waals surface area contributed by atoms with Gasteiger partial charge in [0.05, 0.1) is 17.9 Å². The summed E-state index contributed by atoms with van der Waals surface area (Å²) in [4.78, 5) is 4.26. The number of alkyl halides is 3. The summed E-state index contributed by atoms with van der Waals surface area (Å²) in [6.45, 7) is 2.19. The molecular formula is C19H19F3IN5O. The number of nitrogens with one attached hydrogen (secondary N) is 1. The average molecular weight is 517 g/mol. The first-order valence-electron chi connectivity index (χ1n) is 8.33. The second-order valence-corrected chi connectivity index (χ2v) is 5.92. The first-order valence-corrected chi connectivity index (χ1v) is 8.33. The summed E-state index contributed by atoms with van der Waals surface area (Å²) >= 11 is 0. The lowest BCUT2D eigenvalue weighted by molar-refractivity contribution is -0.274. The molecule has 29 heavy (non-hydrogen) atoms. The number of anilines is 1. The van der Waals surface area contributed by atoms with E-state index in [1.54, 1.807) is 4.68 Å². The number of nitrogens with two attached hydrogens (primary N) is 1. The van der Waals surface area contributed by atoms with Gasteiger partial charge in [-0.1, -0.05) is 18.2 Å². The molecule has 0 atom stereocenters. The quantitative estimate of drug-likeness (QED) is 0.294. The van der Waals surface area contributed by atoms with Crippen molar-refractivity contribution < 1.29 is 17.9 Å². The molecule has 0 aliphatic heterocycles. The molecule has 0 saturated heterocycles. The Morgan fingerprint density at radius 2 is 1.79 bits per heavy atom. The maximum absolute atomic E-state index is 12.2. The summed E-state index contributed by atoms with van der Waals surface area (Å²) in [6.07, 6.45) is -2.85. The zero-order valence-electron chi connectivity index (χ0n) is 15.3. The fraction of sp³-hybridized carbons (Fsp3) is 0.158. The molecule has 0 amide bonds. The Bertz CT molecular complexity index is 956. The molecule has 1 aromatic heterocycles. The smallest absolute Gasteiger partial charge is 0.406 e. The number of para-hydroxylation sites is 1. The van der Waals surface area contributed by atoms with Crippen LogP contribution in [0.3, 0.4) is 0 Å². The summed E-state index contributed by atoms with van der Waals surface area (Å²) in [5.41, 5.74) is 9.03. The number of nitrogens with zero attached hydrogens (tertiary/aromatic N) is 3. The fourth-order valence-electron chi connectivity index (χ4n) is 2.46. The van der Waals surface area contributed by atoms with Crippen LogP contribution < -0.4 is 15.8 Å². The van der Waals surface area contributed by atoms with Gasteiger partial charge in [-0.3, -0.25) is 0 Å². The van der Waals surface area contributed by atoms with Crippen molar-refractivity contribution in [2.24, 2.45) is 10.7 Å². The van der Waals surface area contributed by atoms with Crippen LogP contribution in [0.5, 0.6) is 5.75 Å². The van der Waals surface area contributed by atoms with Crippen LogP contribution in [0.4, 0.5) is 18.9 Å². The highest BCUT2D eigenvalue weighted by Gasteiger charge is 2.30. The van der Waals surface area contributed by atoms with Gasteiger partial charge in [-0.05, 0) is 43.3 Å². The van der Waals surface area contributed by atoms with E-state index in [0.29, 0.717) is 12.2 Å². The number of aromatic nitrogens is 2. The monoisotopic (exact) mass is 517 g/mol. The molecule has 3 N–H and O–H groups in total. The van der Waals surface area contributed by atoms with Crippen LogP contribution in [0.2, 0.25) is 0 Å². The van der Waals surface area contributed by atoms with E-state index in [-0.39, 0.29) is 35.7 Å². The predicted molar refractivity (Wildman–Crippen MR) is 116 cm³/mol. The van der Waals surface area contributed by atoms with E-state index in [1.165, 1.54) is 24.3 Å². The molecule has 0 aliphatic carbocycles. The number of hydrogen-bond acceptors (Lipinski definition) is 3. The highest BCUT2D eigenvalue weighted by molar-refractivity contribution is 14.0. The Kier molecular flexibility index (Phi) is 7.48. The van der Waals surface area contributed by atoms with E-state index in [9.17, 15) is 13.2 Å². The minimum Gasteiger partial charge on any atom is -0.406 e. The topological polar surface area (TPSA) is 77.5 Å².